The highest BCUT2D eigenvalue weighted by Gasteiger charge is 2.07. The van der Waals surface area contributed by atoms with Crippen molar-refractivity contribution in [3.05, 3.63) is 59.6 Å². The van der Waals surface area contributed by atoms with Crippen LogP contribution < -0.4 is 10.2 Å². The summed E-state index contributed by atoms with van der Waals surface area (Å²) in [5, 5.41) is 8.73. The molecule has 0 fully saturated rings. The molecular weight excluding hydrogens is 221 g/mol. The van der Waals surface area contributed by atoms with Gasteiger partial charge in [0.15, 0.2) is 7.28 Å². The van der Waals surface area contributed by atoms with E-state index in [0.29, 0.717) is 5.56 Å². The van der Waals surface area contributed by atoms with Crippen molar-refractivity contribution in [2.45, 2.75) is 0 Å². The largest absolute Gasteiger partial charge is 0.457 e. The van der Waals surface area contributed by atoms with E-state index in [0.717, 1.165) is 18.8 Å². The Morgan fingerprint density at radius 2 is 1.78 bits per heavy atom. The summed E-state index contributed by atoms with van der Waals surface area (Å²) in [6.07, 6.45) is 2.13. The first-order valence-corrected chi connectivity index (χ1v) is 5.83. The molecule has 2 nitrogen and oxygen atoms in total. The Kier molecular flexibility index (Phi) is 2.62. The number of nitrogens with zero attached hydrogens (tertiary/aromatic N) is 1. The summed E-state index contributed by atoms with van der Waals surface area (Å²) in [6.45, 7) is 0. The van der Waals surface area contributed by atoms with Crippen LogP contribution in [0.3, 0.4) is 0 Å². The van der Waals surface area contributed by atoms with Crippen LogP contribution in [0.1, 0.15) is 11.1 Å². The van der Waals surface area contributed by atoms with Gasteiger partial charge in [0.25, 0.3) is 0 Å². The van der Waals surface area contributed by atoms with Gasteiger partial charge < -0.3 is 4.74 Å². The molecule has 3 heteroatoms. The van der Waals surface area contributed by atoms with Crippen LogP contribution in [0.15, 0.2) is 48.4 Å². The molecule has 1 heterocycles. The zero-order valence-corrected chi connectivity index (χ0v) is 9.76. The minimum absolute atomic E-state index is 0.639. The normalized spacial score (nSPS) is 11.5. The third-order valence-electron chi connectivity index (χ3n) is 2.97. The summed E-state index contributed by atoms with van der Waals surface area (Å²) in [5.74, 6) is 3.73. The molecule has 0 spiro atoms. The van der Waals surface area contributed by atoms with Crippen molar-refractivity contribution in [1.82, 2.24) is 0 Å². The molecular formula is C15H10BNO. The molecule has 18 heavy (non-hydrogen) atoms. The predicted octanol–water partition coefficient (Wildman–Crippen LogP) is 2.40. The number of ether oxygens (including phenoxy) is 1. The summed E-state index contributed by atoms with van der Waals surface area (Å²) in [5.41, 5.74) is 3.20. The van der Waals surface area contributed by atoms with Crippen molar-refractivity contribution in [1.29, 1.82) is 5.26 Å². The van der Waals surface area contributed by atoms with E-state index in [4.69, 9.17) is 10.00 Å². The van der Waals surface area contributed by atoms with Gasteiger partial charge >= 0.3 is 0 Å². The molecule has 0 saturated carbocycles. The van der Waals surface area contributed by atoms with Gasteiger partial charge in [0.1, 0.15) is 11.5 Å². The molecule has 0 unspecified atom stereocenters. The first-order chi connectivity index (χ1) is 8.85. The molecule has 1 aliphatic heterocycles. The van der Waals surface area contributed by atoms with Gasteiger partial charge in [-0.1, -0.05) is 17.6 Å². The monoisotopic (exact) mass is 231 g/mol. The van der Waals surface area contributed by atoms with Crippen molar-refractivity contribution >= 4 is 18.8 Å². The van der Waals surface area contributed by atoms with Crippen molar-refractivity contribution in [2.75, 3.05) is 0 Å². The lowest BCUT2D eigenvalue weighted by Crippen LogP contribution is -2.10. The van der Waals surface area contributed by atoms with E-state index in [1.54, 1.807) is 12.1 Å². The number of hydrogen-bond acceptors (Lipinski definition) is 2. The highest BCUT2D eigenvalue weighted by molar-refractivity contribution is 6.62. The lowest BCUT2D eigenvalue weighted by Gasteiger charge is -2.07. The number of nitriles is 1. The minimum atomic E-state index is 0.639. The van der Waals surface area contributed by atoms with Gasteiger partial charge in [0, 0.05) is 0 Å². The predicted molar refractivity (Wildman–Crippen MR) is 73.5 cm³/mol. The van der Waals surface area contributed by atoms with Gasteiger partial charge in [-0.15, -0.1) is 5.98 Å². The quantitative estimate of drug-likeness (QED) is 0.743. The second-order valence-electron chi connectivity index (χ2n) is 4.21. The van der Waals surface area contributed by atoms with Gasteiger partial charge in [-0.3, -0.25) is 0 Å². The summed E-state index contributed by atoms with van der Waals surface area (Å²) in [7, 11) is 0.972. The Balaban J connectivity index is 1.82. The zero-order chi connectivity index (χ0) is 12.4. The second-order valence-corrected chi connectivity index (χ2v) is 4.21. The van der Waals surface area contributed by atoms with E-state index in [1.807, 2.05) is 18.2 Å². The average molecular weight is 231 g/mol. The Morgan fingerprint density at radius 3 is 2.56 bits per heavy atom. The molecule has 84 valence electrons. The van der Waals surface area contributed by atoms with Crippen molar-refractivity contribution in [3.63, 3.8) is 0 Å². The Morgan fingerprint density at radius 1 is 1.00 bits per heavy atom. The van der Waals surface area contributed by atoms with Crippen molar-refractivity contribution < 1.29 is 4.74 Å². The number of benzene rings is 2. The lowest BCUT2D eigenvalue weighted by atomic mass is 9.73. The summed E-state index contributed by atoms with van der Waals surface area (Å²) in [4.78, 5) is 0. The second kappa shape index (κ2) is 4.42. The van der Waals surface area contributed by atoms with Crippen LogP contribution in [-0.2, 0) is 0 Å². The third-order valence-corrected chi connectivity index (χ3v) is 2.97. The Bertz CT molecular complexity index is 653. The van der Waals surface area contributed by atoms with Crippen LogP contribution in [0.2, 0.25) is 0 Å². The SMILES string of the molecule is N#Cc1ccc(Oc2ccc3c(c2)BC=C3)cc1. The van der Waals surface area contributed by atoms with Gasteiger partial charge in [0.2, 0.25) is 0 Å². The number of rotatable bonds is 2. The molecule has 0 N–H and O–H groups in total. The fraction of sp³-hybridized carbons (Fsp3) is 0. The van der Waals surface area contributed by atoms with Crippen molar-refractivity contribution in [3.8, 4) is 17.6 Å². The Hall–Kier alpha value is -2.47. The molecule has 2 aromatic carbocycles. The van der Waals surface area contributed by atoms with E-state index in [1.165, 1.54) is 11.0 Å². The maximum Gasteiger partial charge on any atom is 0.183 e. The van der Waals surface area contributed by atoms with E-state index in [2.05, 4.69) is 30.3 Å². The zero-order valence-electron chi connectivity index (χ0n) is 9.76. The molecule has 0 amide bonds. The summed E-state index contributed by atoms with van der Waals surface area (Å²) >= 11 is 0. The molecule has 0 saturated heterocycles. The average Bonchev–Trinajstić information content (AvgIpc) is 2.87. The number of hydrogen-bond donors (Lipinski definition) is 0. The summed E-state index contributed by atoms with van der Waals surface area (Å²) < 4.78 is 5.77. The molecule has 3 rings (SSSR count). The van der Waals surface area contributed by atoms with Crippen LogP contribution in [0, 0.1) is 11.3 Å². The first-order valence-electron chi connectivity index (χ1n) is 5.83. The van der Waals surface area contributed by atoms with Crippen molar-refractivity contribution in [2.24, 2.45) is 0 Å². The standard InChI is InChI=1S/C15H10BNO/c17-10-11-1-4-13(5-2-11)18-14-6-3-12-7-8-16-15(12)9-14/h1-9,16H. The van der Waals surface area contributed by atoms with Crippen LogP contribution in [0.4, 0.5) is 0 Å². The van der Waals surface area contributed by atoms with Crippen LogP contribution in [-0.4, -0.2) is 7.28 Å². The van der Waals surface area contributed by atoms with Gasteiger partial charge in [-0.2, -0.15) is 5.26 Å². The third kappa shape index (κ3) is 2.01. The van der Waals surface area contributed by atoms with E-state index in [9.17, 15) is 0 Å². The van der Waals surface area contributed by atoms with Crippen LogP contribution in [0.5, 0.6) is 11.5 Å². The molecule has 2 aromatic rings. The highest BCUT2D eigenvalue weighted by Crippen LogP contribution is 2.22. The fourth-order valence-electron chi connectivity index (χ4n) is 2.03. The maximum atomic E-state index is 8.73. The van der Waals surface area contributed by atoms with Crippen LogP contribution >= 0.6 is 0 Å². The Labute approximate surface area is 106 Å². The van der Waals surface area contributed by atoms with E-state index >= 15 is 0 Å². The van der Waals surface area contributed by atoms with Gasteiger partial charge in [-0.25, -0.2) is 0 Å². The van der Waals surface area contributed by atoms with E-state index in [-0.39, 0.29) is 0 Å². The lowest BCUT2D eigenvalue weighted by molar-refractivity contribution is 0.483. The number of fused-ring (bicyclic) bond motifs is 1. The molecule has 0 atom stereocenters. The minimum Gasteiger partial charge on any atom is -0.457 e. The smallest absolute Gasteiger partial charge is 0.183 e. The van der Waals surface area contributed by atoms with Gasteiger partial charge in [0.05, 0.1) is 11.6 Å². The molecule has 0 bridgehead atoms. The fourth-order valence-corrected chi connectivity index (χ4v) is 2.03. The topological polar surface area (TPSA) is 33.0 Å². The molecule has 0 aliphatic carbocycles. The van der Waals surface area contributed by atoms with Crippen LogP contribution in [0.25, 0.3) is 6.08 Å². The maximum absolute atomic E-state index is 8.73. The molecule has 1 aliphatic rings. The van der Waals surface area contributed by atoms with E-state index < -0.39 is 0 Å². The summed E-state index contributed by atoms with van der Waals surface area (Å²) in [6, 6.07) is 15.3. The first kappa shape index (κ1) is 10.7. The van der Waals surface area contributed by atoms with Gasteiger partial charge in [-0.05, 0) is 42.0 Å². The molecule has 0 radical (unpaired) electrons. The molecule has 0 aromatic heterocycles. The highest BCUT2D eigenvalue weighted by atomic mass is 16.5.